The Bertz CT molecular complexity index is 294. The van der Waals surface area contributed by atoms with E-state index in [1.54, 1.807) is 25.3 Å². The van der Waals surface area contributed by atoms with E-state index in [1.807, 2.05) is 6.92 Å². The fraction of sp³-hybridized carbons (Fsp3) is 0.300. The summed E-state index contributed by atoms with van der Waals surface area (Å²) < 4.78 is 10.0. The van der Waals surface area contributed by atoms with E-state index >= 15 is 0 Å². The van der Waals surface area contributed by atoms with Crippen molar-refractivity contribution < 1.29 is 14.3 Å². The molecular formula is C10H12O3. The molecule has 0 spiro atoms. The SMILES string of the molecule is COCOc1ccc(C=O)cc1C. The van der Waals surface area contributed by atoms with Crippen LogP contribution in [0.3, 0.4) is 0 Å². The van der Waals surface area contributed by atoms with E-state index in [9.17, 15) is 4.79 Å². The molecule has 0 saturated carbocycles. The standard InChI is InChI=1S/C10H12O3/c1-8-5-9(6-11)3-4-10(8)13-7-12-2/h3-6H,7H2,1-2H3. The zero-order valence-electron chi connectivity index (χ0n) is 7.74. The Labute approximate surface area is 77.3 Å². The van der Waals surface area contributed by atoms with Crippen LogP contribution in [0.4, 0.5) is 0 Å². The van der Waals surface area contributed by atoms with Gasteiger partial charge in [-0.25, -0.2) is 0 Å². The van der Waals surface area contributed by atoms with E-state index in [4.69, 9.17) is 9.47 Å². The van der Waals surface area contributed by atoms with Crippen LogP contribution in [0.1, 0.15) is 15.9 Å². The summed E-state index contributed by atoms with van der Waals surface area (Å²) >= 11 is 0. The van der Waals surface area contributed by atoms with Crippen molar-refractivity contribution in [1.82, 2.24) is 0 Å². The number of aldehydes is 1. The molecule has 0 unspecified atom stereocenters. The van der Waals surface area contributed by atoms with E-state index in [2.05, 4.69) is 0 Å². The molecule has 0 saturated heterocycles. The first-order chi connectivity index (χ1) is 6.27. The van der Waals surface area contributed by atoms with Crippen LogP contribution in [0.5, 0.6) is 5.75 Å². The molecule has 1 rings (SSSR count). The summed E-state index contributed by atoms with van der Waals surface area (Å²) in [5, 5.41) is 0. The van der Waals surface area contributed by atoms with Gasteiger partial charge in [-0.3, -0.25) is 4.79 Å². The maximum atomic E-state index is 10.4. The van der Waals surface area contributed by atoms with Gasteiger partial charge in [-0.1, -0.05) is 0 Å². The van der Waals surface area contributed by atoms with Gasteiger partial charge in [-0.15, -0.1) is 0 Å². The number of ether oxygens (including phenoxy) is 2. The third-order valence-electron chi connectivity index (χ3n) is 1.67. The van der Waals surface area contributed by atoms with Crippen LogP contribution in [0, 0.1) is 6.92 Å². The number of hydrogen-bond acceptors (Lipinski definition) is 3. The molecule has 0 aliphatic rings. The first-order valence-electron chi connectivity index (χ1n) is 3.95. The molecule has 1 aromatic carbocycles. The summed E-state index contributed by atoms with van der Waals surface area (Å²) in [6.07, 6.45) is 0.813. The molecule has 0 heterocycles. The van der Waals surface area contributed by atoms with Gasteiger partial charge in [0.25, 0.3) is 0 Å². The summed E-state index contributed by atoms with van der Waals surface area (Å²) in [5.74, 6) is 0.743. The third-order valence-corrected chi connectivity index (χ3v) is 1.67. The maximum Gasteiger partial charge on any atom is 0.188 e. The Balaban J connectivity index is 2.79. The molecular weight excluding hydrogens is 168 g/mol. The van der Waals surface area contributed by atoms with Crippen LogP contribution in [-0.2, 0) is 4.74 Å². The fourth-order valence-electron chi connectivity index (χ4n) is 1.03. The molecule has 0 aliphatic carbocycles. The van der Waals surface area contributed by atoms with Crippen LogP contribution >= 0.6 is 0 Å². The van der Waals surface area contributed by atoms with Crippen molar-refractivity contribution in [1.29, 1.82) is 0 Å². The lowest BCUT2D eigenvalue weighted by molar-refractivity contribution is 0.0506. The molecule has 0 fully saturated rings. The van der Waals surface area contributed by atoms with Gasteiger partial charge in [-0.05, 0) is 30.7 Å². The van der Waals surface area contributed by atoms with Crippen molar-refractivity contribution in [2.45, 2.75) is 6.92 Å². The lowest BCUT2D eigenvalue weighted by Gasteiger charge is -2.07. The summed E-state index contributed by atoms with van der Waals surface area (Å²) in [5.41, 5.74) is 1.59. The van der Waals surface area contributed by atoms with Gasteiger partial charge in [-0.2, -0.15) is 0 Å². The molecule has 0 bridgehead atoms. The predicted octanol–water partition coefficient (Wildman–Crippen LogP) is 1.79. The van der Waals surface area contributed by atoms with E-state index < -0.39 is 0 Å². The smallest absolute Gasteiger partial charge is 0.188 e. The molecule has 3 nitrogen and oxygen atoms in total. The number of carbonyl (C=O) groups is 1. The van der Waals surface area contributed by atoms with Gasteiger partial charge < -0.3 is 9.47 Å². The zero-order valence-corrected chi connectivity index (χ0v) is 7.74. The second-order valence-electron chi connectivity index (χ2n) is 2.69. The number of methoxy groups -OCH3 is 1. The molecule has 0 radical (unpaired) electrons. The Hall–Kier alpha value is -1.35. The highest BCUT2D eigenvalue weighted by Crippen LogP contribution is 2.18. The Morgan fingerprint density at radius 2 is 2.23 bits per heavy atom. The van der Waals surface area contributed by atoms with E-state index in [0.29, 0.717) is 5.56 Å². The first-order valence-corrected chi connectivity index (χ1v) is 3.95. The average Bonchev–Trinajstić information content (AvgIpc) is 2.16. The van der Waals surface area contributed by atoms with Gasteiger partial charge in [0.2, 0.25) is 0 Å². The highest BCUT2D eigenvalue weighted by Gasteiger charge is 1.99. The highest BCUT2D eigenvalue weighted by molar-refractivity contribution is 5.75. The molecule has 0 atom stereocenters. The number of rotatable bonds is 4. The van der Waals surface area contributed by atoms with Gasteiger partial charge in [0.1, 0.15) is 12.0 Å². The van der Waals surface area contributed by atoms with Crippen LogP contribution in [0.25, 0.3) is 0 Å². The Morgan fingerprint density at radius 1 is 1.46 bits per heavy atom. The van der Waals surface area contributed by atoms with Crippen molar-refractivity contribution in [2.24, 2.45) is 0 Å². The second kappa shape index (κ2) is 4.62. The maximum absolute atomic E-state index is 10.4. The third kappa shape index (κ3) is 2.56. The lowest BCUT2D eigenvalue weighted by atomic mass is 10.1. The van der Waals surface area contributed by atoms with E-state index in [1.165, 1.54) is 0 Å². The van der Waals surface area contributed by atoms with E-state index in [-0.39, 0.29) is 6.79 Å². The molecule has 3 heteroatoms. The fourth-order valence-corrected chi connectivity index (χ4v) is 1.03. The monoisotopic (exact) mass is 180 g/mol. The van der Waals surface area contributed by atoms with Crippen LogP contribution in [-0.4, -0.2) is 20.2 Å². The minimum Gasteiger partial charge on any atom is -0.467 e. The van der Waals surface area contributed by atoms with E-state index in [0.717, 1.165) is 17.6 Å². The van der Waals surface area contributed by atoms with Crippen molar-refractivity contribution in [3.63, 3.8) is 0 Å². The predicted molar refractivity (Wildman–Crippen MR) is 49.1 cm³/mol. The molecule has 0 aromatic heterocycles. The molecule has 0 aliphatic heterocycles. The number of benzene rings is 1. The molecule has 13 heavy (non-hydrogen) atoms. The largest absolute Gasteiger partial charge is 0.467 e. The second-order valence-corrected chi connectivity index (χ2v) is 2.69. The average molecular weight is 180 g/mol. The van der Waals surface area contributed by atoms with Crippen LogP contribution in [0.15, 0.2) is 18.2 Å². The van der Waals surface area contributed by atoms with Crippen LogP contribution < -0.4 is 4.74 Å². The minimum absolute atomic E-state index is 0.223. The van der Waals surface area contributed by atoms with Crippen LogP contribution in [0.2, 0.25) is 0 Å². The summed E-state index contributed by atoms with van der Waals surface area (Å²) in [7, 11) is 1.56. The number of aryl methyl sites for hydroxylation is 1. The summed E-state index contributed by atoms with van der Waals surface area (Å²) in [6.45, 7) is 2.11. The number of hydrogen-bond donors (Lipinski definition) is 0. The van der Waals surface area contributed by atoms with Gasteiger partial charge >= 0.3 is 0 Å². The molecule has 0 amide bonds. The van der Waals surface area contributed by atoms with Crippen molar-refractivity contribution in [3.05, 3.63) is 29.3 Å². The Kier molecular flexibility index (Phi) is 3.46. The normalized spacial score (nSPS) is 9.69. The van der Waals surface area contributed by atoms with Gasteiger partial charge in [0, 0.05) is 12.7 Å². The summed E-state index contributed by atoms with van der Waals surface area (Å²) in [6, 6.07) is 5.25. The highest BCUT2D eigenvalue weighted by atomic mass is 16.7. The first kappa shape index (κ1) is 9.74. The molecule has 0 N–H and O–H groups in total. The van der Waals surface area contributed by atoms with Gasteiger partial charge in [0.05, 0.1) is 0 Å². The van der Waals surface area contributed by atoms with Crippen molar-refractivity contribution in [2.75, 3.05) is 13.9 Å². The van der Waals surface area contributed by atoms with Crippen molar-refractivity contribution in [3.8, 4) is 5.75 Å². The topological polar surface area (TPSA) is 35.5 Å². The van der Waals surface area contributed by atoms with Gasteiger partial charge in [0.15, 0.2) is 6.79 Å². The molecule has 70 valence electrons. The lowest BCUT2D eigenvalue weighted by Crippen LogP contribution is -2.00. The Morgan fingerprint density at radius 3 is 2.77 bits per heavy atom. The minimum atomic E-state index is 0.223. The summed E-state index contributed by atoms with van der Waals surface area (Å²) in [4.78, 5) is 10.4. The number of carbonyl (C=O) groups excluding carboxylic acids is 1. The quantitative estimate of drug-likeness (QED) is 0.523. The zero-order chi connectivity index (χ0) is 9.68. The molecule has 1 aromatic rings. The van der Waals surface area contributed by atoms with Crippen molar-refractivity contribution >= 4 is 6.29 Å².